The van der Waals surface area contributed by atoms with Gasteiger partial charge in [0.1, 0.15) is 17.8 Å². The maximum Gasteiger partial charge on any atom is 0.224 e. The Hall–Kier alpha value is -4.86. The largest absolute Gasteiger partial charge is 0.353 e. The Morgan fingerprint density at radius 1 is 1.06 bits per heavy atom. The smallest absolute Gasteiger partial charge is 0.224 e. The molecular weight excluding hydrogens is 454 g/mol. The first-order chi connectivity index (χ1) is 17.6. The molecule has 0 bridgehead atoms. The van der Waals surface area contributed by atoms with Gasteiger partial charge in [-0.3, -0.25) is 24.4 Å². The summed E-state index contributed by atoms with van der Waals surface area (Å²) in [5, 5.41) is 12.4. The molecule has 10 heteroatoms. The normalized spacial score (nSPS) is 11.4. The van der Waals surface area contributed by atoms with E-state index in [9.17, 15) is 4.79 Å². The fourth-order valence-electron chi connectivity index (χ4n) is 4.29. The van der Waals surface area contributed by atoms with Crippen molar-refractivity contribution in [3.05, 3.63) is 67.3 Å². The number of H-pyrrole nitrogens is 2. The molecule has 10 nitrogen and oxygen atoms in total. The number of hydrogen-bond acceptors (Lipinski definition) is 6. The number of nitrogens with one attached hydrogen (secondary N) is 3. The monoisotopic (exact) mass is 477 g/mol. The summed E-state index contributed by atoms with van der Waals surface area (Å²) in [6.07, 6.45) is 11.9. The Morgan fingerprint density at radius 3 is 2.81 bits per heavy atom. The number of carbonyl (C=O) groups is 1. The van der Waals surface area contributed by atoms with E-state index < -0.39 is 0 Å². The lowest BCUT2D eigenvalue weighted by Gasteiger charge is -2.06. The summed E-state index contributed by atoms with van der Waals surface area (Å²) in [6, 6.07) is 7.85. The molecule has 3 N–H and O–H groups in total. The second-order valence-corrected chi connectivity index (χ2v) is 8.65. The molecule has 0 unspecified atom stereocenters. The number of aryl methyl sites for hydroxylation is 1. The van der Waals surface area contributed by atoms with E-state index in [-0.39, 0.29) is 5.91 Å². The molecule has 0 saturated carbocycles. The number of carbonyl (C=O) groups excluding carboxylic acids is 1. The standard InChI is InChI=1S/C26H23N9O/c1-3-4-24(36)31-17-7-16(10-27-11-17)21-8-18-23(12-29-21)33-34-25(18)22-9-19-20(32-22)5-6-28-26(19)35-13-15(2)30-14-35/h5-14,32H,3-4H2,1-2H3,(H,31,36)(H,33,34). The Balaban J connectivity index is 1.40. The molecule has 6 rings (SSSR count). The molecule has 1 amide bonds. The number of fused-ring (bicyclic) bond motifs is 2. The van der Waals surface area contributed by atoms with E-state index in [1.54, 1.807) is 31.1 Å². The highest BCUT2D eigenvalue weighted by Crippen LogP contribution is 2.32. The van der Waals surface area contributed by atoms with Gasteiger partial charge in [-0.1, -0.05) is 6.92 Å². The molecule has 6 aromatic heterocycles. The second-order valence-electron chi connectivity index (χ2n) is 8.65. The van der Waals surface area contributed by atoms with Gasteiger partial charge in [0.15, 0.2) is 0 Å². The number of pyridine rings is 3. The van der Waals surface area contributed by atoms with E-state index in [4.69, 9.17) is 0 Å². The molecule has 6 aromatic rings. The van der Waals surface area contributed by atoms with Crippen molar-refractivity contribution in [1.29, 1.82) is 0 Å². The summed E-state index contributed by atoms with van der Waals surface area (Å²) >= 11 is 0. The van der Waals surface area contributed by atoms with Crippen LogP contribution >= 0.6 is 0 Å². The van der Waals surface area contributed by atoms with Gasteiger partial charge in [-0.25, -0.2) is 9.97 Å². The van der Waals surface area contributed by atoms with Crippen LogP contribution in [0.1, 0.15) is 25.5 Å². The summed E-state index contributed by atoms with van der Waals surface area (Å²) in [5.74, 6) is 0.765. The van der Waals surface area contributed by atoms with Gasteiger partial charge in [-0.05, 0) is 37.6 Å². The number of rotatable bonds is 6. The third-order valence-corrected chi connectivity index (χ3v) is 5.98. The van der Waals surface area contributed by atoms with E-state index >= 15 is 0 Å². The van der Waals surface area contributed by atoms with Gasteiger partial charge in [0, 0.05) is 41.3 Å². The minimum absolute atomic E-state index is 0.0319. The Bertz CT molecular complexity index is 1730. The topological polar surface area (TPSA) is 130 Å². The van der Waals surface area contributed by atoms with Crippen LogP contribution in [0.4, 0.5) is 5.69 Å². The van der Waals surface area contributed by atoms with Gasteiger partial charge in [-0.15, -0.1) is 0 Å². The number of imidazole rings is 1. The average Bonchev–Trinajstić information content (AvgIpc) is 3.61. The van der Waals surface area contributed by atoms with Crippen molar-refractivity contribution in [1.82, 2.24) is 39.7 Å². The number of nitrogens with zero attached hydrogens (tertiary/aromatic N) is 6. The van der Waals surface area contributed by atoms with Crippen LogP contribution in [0.25, 0.3) is 50.3 Å². The van der Waals surface area contributed by atoms with Crippen LogP contribution in [-0.2, 0) is 4.79 Å². The average molecular weight is 478 g/mol. The van der Waals surface area contributed by atoms with Gasteiger partial charge in [0.25, 0.3) is 0 Å². The first-order valence-corrected chi connectivity index (χ1v) is 11.7. The SMILES string of the molecule is CCCC(=O)Nc1cncc(-c2cc3c(-c4cc5c(-n6cnc(C)c6)nccc5[nH]4)n[nH]c3cn2)c1. The van der Waals surface area contributed by atoms with Crippen LogP contribution < -0.4 is 5.32 Å². The zero-order valence-corrected chi connectivity index (χ0v) is 19.8. The highest BCUT2D eigenvalue weighted by molar-refractivity contribution is 5.98. The molecule has 0 aliphatic heterocycles. The molecule has 0 aliphatic rings. The number of anilines is 1. The summed E-state index contributed by atoms with van der Waals surface area (Å²) in [6.45, 7) is 3.92. The second kappa shape index (κ2) is 8.73. The predicted octanol–water partition coefficient (Wildman–Crippen LogP) is 4.80. The molecule has 0 fully saturated rings. The lowest BCUT2D eigenvalue weighted by molar-refractivity contribution is -0.116. The Morgan fingerprint density at radius 2 is 1.97 bits per heavy atom. The van der Waals surface area contributed by atoms with Gasteiger partial charge in [0.2, 0.25) is 5.91 Å². The van der Waals surface area contributed by atoms with Crippen molar-refractivity contribution in [2.45, 2.75) is 26.7 Å². The molecule has 6 heterocycles. The fourth-order valence-corrected chi connectivity index (χ4v) is 4.29. The van der Waals surface area contributed by atoms with E-state index in [0.717, 1.165) is 62.4 Å². The van der Waals surface area contributed by atoms with E-state index in [1.807, 2.05) is 48.9 Å². The van der Waals surface area contributed by atoms with Gasteiger partial charge in [0.05, 0.1) is 46.2 Å². The number of hydrogen-bond donors (Lipinski definition) is 3. The van der Waals surface area contributed by atoms with Crippen LogP contribution in [0, 0.1) is 6.92 Å². The van der Waals surface area contributed by atoms with Crippen molar-refractivity contribution >= 4 is 33.4 Å². The van der Waals surface area contributed by atoms with Crippen molar-refractivity contribution in [2.24, 2.45) is 0 Å². The van der Waals surface area contributed by atoms with Crippen molar-refractivity contribution in [2.75, 3.05) is 5.32 Å². The maximum atomic E-state index is 12.0. The number of aromatic amines is 2. The van der Waals surface area contributed by atoms with Crippen molar-refractivity contribution in [3.8, 4) is 28.5 Å². The minimum Gasteiger partial charge on any atom is -0.353 e. The van der Waals surface area contributed by atoms with Gasteiger partial charge >= 0.3 is 0 Å². The minimum atomic E-state index is -0.0319. The maximum absolute atomic E-state index is 12.0. The summed E-state index contributed by atoms with van der Waals surface area (Å²) in [4.78, 5) is 33.3. The summed E-state index contributed by atoms with van der Waals surface area (Å²) in [5.41, 5.74) is 6.50. The van der Waals surface area contributed by atoms with Crippen LogP contribution in [-0.4, -0.2) is 45.6 Å². The third-order valence-electron chi connectivity index (χ3n) is 5.98. The van der Waals surface area contributed by atoms with Crippen LogP contribution in [0.3, 0.4) is 0 Å². The van der Waals surface area contributed by atoms with Crippen LogP contribution in [0.2, 0.25) is 0 Å². The van der Waals surface area contributed by atoms with Crippen LogP contribution in [0.5, 0.6) is 0 Å². The zero-order valence-electron chi connectivity index (χ0n) is 19.8. The van der Waals surface area contributed by atoms with E-state index in [2.05, 4.69) is 40.4 Å². The van der Waals surface area contributed by atoms with E-state index in [0.29, 0.717) is 12.1 Å². The predicted molar refractivity (Wildman–Crippen MR) is 138 cm³/mol. The summed E-state index contributed by atoms with van der Waals surface area (Å²) in [7, 11) is 0. The molecule has 0 aromatic carbocycles. The highest BCUT2D eigenvalue weighted by Gasteiger charge is 2.16. The van der Waals surface area contributed by atoms with Crippen LogP contribution in [0.15, 0.2) is 61.6 Å². The molecule has 0 atom stereocenters. The summed E-state index contributed by atoms with van der Waals surface area (Å²) < 4.78 is 1.92. The lowest BCUT2D eigenvalue weighted by Crippen LogP contribution is -2.10. The molecule has 0 aliphatic carbocycles. The number of aromatic nitrogens is 8. The van der Waals surface area contributed by atoms with Gasteiger partial charge < -0.3 is 10.3 Å². The molecular formula is C26H23N9O. The lowest BCUT2D eigenvalue weighted by atomic mass is 10.1. The van der Waals surface area contributed by atoms with E-state index in [1.165, 1.54) is 0 Å². The molecule has 178 valence electrons. The Kier molecular flexibility index (Phi) is 5.25. The Labute approximate surface area is 205 Å². The molecule has 0 spiro atoms. The molecule has 0 saturated heterocycles. The van der Waals surface area contributed by atoms with Crippen molar-refractivity contribution in [3.63, 3.8) is 0 Å². The highest BCUT2D eigenvalue weighted by atomic mass is 16.1. The molecule has 0 radical (unpaired) electrons. The first-order valence-electron chi connectivity index (χ1n) is 11.7. The molecule has 36 heavy (non-hydrogen) atoms. The number of amides is 1. The van der Waals surface area contributed by atoms with Crippen molar-refractivity contribution < 1.29 is 4.79 Å². The quantitative estimate of drug-likeness (QED) is 0.316. The third kappa shape index (κ3) is 3.88. The first kappa shape index (κ1) is 21.7. The zero-order chi connectivity index (χ0) is 24.6. The van der Waals surface area contributed by atoms with Gasteiger partial charge in [-0.2, -0.15) is 5.10 Å². The fraction of sp³-hybridized carbons (Fsp3) is 0.154.